The second kappa shape index (κ2) is 8.58. The molecular formula is C29H46O3S2. The van der Waals surface area contributed by atoms with Crippen LogP contribution < -0.4 is 0 Å². The van der Waals surface area contributed by atoms with Crippen LogP contribution in [0, 0.1) is 51.8 Å². The molecule has 0 aromatic rings. The summed E-state index contributed by atoms with van der Waals surface area (Å²) < 4.78 is 12.8. The SMILES string of the molecule is CO[C@@H]1C[C@H]2[C@@H]3CC[C@H]([C@H](C)[C@@H](OC(C)=O)C4SCCCS4)[C@@]3(C)CC[C@@H]2[C@@]2(C)CC[C@H]3C[C@]312. The van der Waals surface area contributed by atoms with E-state index in [-0.39, 0.29) is 12.1 Å². The van der Waals surface area contributed by atoms with Gasteiger partial charge in [0.15, 0.2) is 0 Å². The molecule has 5 saturated carbocycles. The van der Waals surface area contributed by atoms with E-state index in [1.165, 1.54) is 69.3 Å². The van der Waals surface area contributed by atoms with Crippen molar-refractivity contribution < 1.29 is 14.3 Å². The molecule has 34 heavy (non-hydrogen) atoms. The van der Waals surface area contributed by atoms with Crippen LogP contribution in [0.3, 0.4) is 0 Å². The monoisotopic (exact) mass is 506 g/mol. The van der Waals surface area contributed by atoms with Crippen molar-refractivity contribution in [3.63, 3.8) is 0 Å². The van der Waals surface area contributed by atoms with Gasteiger partial charge in [-0.05, 0) is 116 Å². The molecule has 5 aliphatic carbocycles. The van der Waals surface area contributed by atoms with E-state index >= 15 is 0 Å². The van der Waals surface area contributed by atoms with Crippen molar-refractivity contribution >= 4 is 29.5 Å². The third-order valence-electron chi connectivity index (χ3n) is 12.5. The molecule has 0 radical (unpaired) electrons. The van der Waals surface area contributed by atoms with Gasteiger partial charge >= 0.3 is 5.97 Å². The first kappa shape index (κ1) is 24.5. The summed E-state index contributed by atoms with van der Waals surface area (Å²) in [6.45, 7) is 9.35. The lowest BCUT2D eigenvalue weighted by Gasteiger charge is -2.61. The molecule has 1 saturated heterocycles. The summed E-state index contributed by atoms with van der Waals surface area (Å²) >= 11 is 4.07. The van der Waals surface area contributed by atoms with Gasteiger partial charge in [0.1, 0.15) is 6.10 Å². The maximum atomic E-state index is 12.2. The van der Waals surface area contributed by atoms with E-state index in [0.717, 1.165) is 23.7 Å². The minimum absolute atomic E-state index is 0.0482. The minimum atomic E-state index is -0.0966. The highest BCUT2D eigenvalue weighted by molar-refractivity contribution is 8.17. The molecule has 0 aromatic heterocycles. The van der Waals surface area contributed by atoms with Crippen LogP contribution in [0.1, 0.15) is 85.5 Å². The number of hydrogen-bond donors (Lipinski definition) is 0. The zero-order valence-electron chi connectivity index (χ0n) is 22.0. The number of methoxy groups -OCH3 is 1. The van der Waals surface area contributed by atoms with Crippen molar-refractivity contribution in [3.05, 3.63) is 0 Å². The number of esters is 1. The first-order valence-corrected chi connectivity index (χ1v) is 16.3. The molecular weight excluding hydrogens is 460 g/mol. The Morgan fingerprint density at radius 3 is 2.47 bits per heavy atom. The van der Waals surface area contributed by atoms with Gasteiger partial charge in [-0.1, -0.05) is 20.8 Å². The molecule has 3 nitrogen and oxygen atoms in total. The van der Waals surface area contributed by atoms with Crippen molar-refractivity contribution in [1.82, 2.24) is 0 Å². The van der Waals surface area contributed by atoms with Crippen molar-refractivity contribution in [2.45, 2.75) is 102 Å². The van der Waals surface area contributed by atoms with Crippen molar-refractivity contribution in [2.24, 2.45) is 51.8 Å². The van der Waals surface area contributed by atoms with Gasteiger partial charge in [0.25, 0.3) is 0 Å². The van der Waals surface area contributed by atoms with Crippen LogP contribution in [0.15, 0.2) is 0 Å². The summed E-state index contributed by atoms with van der Waals surface area (Å²) in [5.41, 5.74) is 1.39. The van der Waals surface area contributed by atoms with Crippen LogP contribution in [-0.2, 0) is 14.3 Å². The van der Waals surface area contributed by atoms with E-state index in [2.05, 4.69) is 20.8 Å². The molecule has 0 N–H and O–H groups in total. The highest BCUT2D eigenvalue weighted by atomic mass is 32.2. The molecule has 0 amide bonds. The first-order chi connectivity index (χ1) is 16.3. The fourth-order valence-corrected chi connectivity index (χ4v) is 14.2. The van der Waals surface area contributed by atoms with Gasteiger partial charge in [-0.2, -0.15) is 0 Å². The van der Waals surface area contributed by atoms with Gasteiger partial charge in [0.05, 0.1) is 10.7 Å². The molecule has 0 unspecified atom stereocenters. The molecule has 6 fully saturated rings. The topological polar surface area (TPSA) is 35.5 Å². The molecule has 1 spiro atoms. The lowest BCUT2D eigenvalue weighted by Crippen LogP contribution is -2.57. The lowest BCUT2D eigenvalue weighted by molar-refractivity contribution is -0.165. The number of carbonyl (C=O) groups is 1. The molecule has 192 valence electrons. The number of thioether (sulfide) groups is 2. The average molecular weight is 507 g/mol. The largest absolute Gasteiger partial charge is 0.460 e. The van der Waals surface area contributed by atoms with Gasteiger partial charge in [-0.3, -0.25) is 4.79 Å². The van der Waals surface area contributed by atoms with Gasteiger partial charge < -0.3 is 9.47 Å². The van der Waals surface area contributed by atoms with Crippen LogP contribution >= 0.6 is 23.5 Å². The smallest absolute Gasteiger partial charge is 0.302 e. The standard InChI is InChI=1S/C29H46O3S2/c1-17(25(32-18(2)30)26-33-13-6-14-34-26)21-7-8-22-20-15-24(31-5)29-16-19(29)9-12-28(29,4)23(20)10-11-27(21,22)3/h17,19-26H,6-16H2,1-5H3/t17-,19-,20-,21+,22-,23-,24+,25+,27+,28+,29-/m0/s1. The Bertz CT molecular complexity index is 813. The van der Waals surface area contributed by atoms with Gasteiger partial charge in [-0.15, -0.1) is 23.5 Å². The van der Waals surface area contributed by atoms with Crippen LogP contribution in [0.5, 0.6) is 0 Å². The normalized spacial score (nSPS) is 51.6. The maximum absolute atomic E-state index is 12.2. The summed E-state index contributed by atoms with van der Waals surface area (Å²) in [6, 6.07) is 0. The second-order valence-electron chi connectivity index (χ2n) is 13.4. The number of rotatable bonds is 5. The first-order valence-electron chi connectivity index (χ1n) is 14.2. The molecule has 1 aliphatic heterocycles. The molecule has 5 heteroatoms. The van der Waals surface area contributed by atoms with E-state index in [0.29, 0.717) is 38.8 Å². The molecule has 6 aliphatic rings. The molecule has 6 rings (SSSR count). The Morgan fingerprint density at radius 1 is 1.03 bits per heavy atom. The molecule has 0 bridgehead atoms. The summed E-state index contributed by atoms with van der Waals surface area (Å²) in [4.78, 5) is 12.2. The van der Waals surface area contributed by atoms with Gasteiger partial charge in [-0.25, -0.2) is 0 Å². The van der Waals surface area contributed by atoms with Crippen molar-refractivity contribution in [1.29, 1.82) is 0 Å². The lowest BCUT2D eigenvalue weighted by atomic mass is 9.45. The molecule has 1 heterocycles. The third kappa shape index (κ3) is 3.30. The number of hydrogen-bond acceptors (Lipinski definition) is 5. The highest BCUT2D eigenvalue weighted by Crippen LogP contribution is 2.82. The van der Waals surface area contributed by atoms with Crippen molar-refractivity contribution in [3.8, 4) is 0 Å². The highest BCUT2D eigenvalue weighted by Gasteiger charge is 2.77. The Labute approximate surface area is 216 Å². The van der Waals surface area contributed by atoms with Crippen LogP contribution in [0.25, 0.3) is 0 Å². The van der Waals surface area contributed by atoms with Crippen LogP contribution in [-0.4, -0.2) is 41.4 Å². The van der Waals surface area contributed by atoms with Crippen LogP contribution in [0.2, 0.25) is 0 Å². The van der Waals surface area contributed by atoms with E-state index < -0.39 is 0 Å². The van der Waals surface area contributed by atoms with E-state index in [4.69, 9.17) is 9.47 Å². The number of fused-ring (bicyclic) bond motifs is 4. The number of carbonyl (C=O) groups excluding carboxylic acids is 1. The Balaban J connectivity index is 1.26. The quantitative estimate of drug-likeness (QED) is 0.374. The fraction of sp³-hybridized carbons (Fsp3) is 0.966. The predicted octanol–water partition coefficient (Wildman–Crippen LogP) is 7.03. The second-order valence-corrected chi connectivity index (χ2v) is 16.2. The fourth-order valence-electron chi connectivity index (χ4n) is 11.0. The average Bonchev–Trinajstić information content (AvgIpc) is 3.33. The Kier molecular flexibility index (Phi) is 6.18. The van der Waals surface area contributed by atoms with E-state index in [1.807, 2.05) is 30.6 Å². The zero-order chi connectivity index (χ0) is 23.9. The summed E-state index contributed by atoms with van der Waals surface area (Å²) in [6.07, 6.45) is 12.9. The molecule has 11 atom stereocenters. The number of ether oxygens (including phenoxy) is 2. The zero-order valence-corrected chi connectivity index (χ0v) is 23.6. The van der Waals surface area contributed by atoms with Gasteiger partial charge in [0.2, 0.25) is 0 Å². The minimum Gasteiger partial charge on any atom is -0.460 e. The van der Waals surface area contributed by atoms with Crippen molar-refractivity contribution in [2.75, 3.05) is 18.6 Å². The summed E-state index contributed by atoms with van der Waals surface area (Å²) in [5, 5.41) is 0. The Hall–Kier alpha value is 0.130. The summed E-state index contributed by atoms with van der Waals surface area (Å²) in [7, 11) is 2.00. The summed E-state index contributed by atoms with van der Waals surface area (Å²) in [5.74, 6) is 6.88. The van der Waals surface area contributed by atoms with Crippen LogP contribution in [0.4, 0.5) is 0 Å². The van der Waals surface area contributed by atoms with Gasteiger partial charge in [0, 0.05) is 19.4 Å². The maximum Gasteiger partial charge on any atom is 0.302 e. The molecule has 0 aromatic carbocycles. The van der Waals surface area contributed by atoms with E-state index in [9.17, 15) is 4.79 Å². The predicted molar refractivity (Wildman–Crippen MR) is 142 cm³/mol. The van der Waals surface area contributed by atoms with E-state index in [1.54, 1.807) is 6.92 Å². The third-order valence-corrected chi connectivity index (χ3v) is 15.5. The Morgan fingerprint density at radius 2 is 1.79 bits per heavy atom.